The number of amides is 1. The van der Waals surface area contributed by atoms with E-state index < -0.39 is 18.3 Å². The van der Waals surface area contributed by atoms with Crippen LogP contribution in [-0.2, 0) is 11.3 Å². The third kappa shape index (κ3) is 3.45. The maximum atomic E-state index is 13.1. The Kier molecular flexibility index (Phi) is 3.78. The molecule has 104 valence electrons. The van der Waals surface area contributed by atoms with Gasteiger partial charge in [-0.15, -0.1) is 0 Å². The van der Waals surface area contributed by atoms with Gasteiger partial charge < -0.3 is 4.90 Å². The van der Waals surface area contributed by atoms with Crippen LogP contribution in [0.1, 0.15) is 18.4 Å². The van der Waals surface area contributed by atoms with Gasteiger partial charge in [0.1, 0.15) is 0 Å². The average Bonchev–Trinajstić information content (AvgIpc) is 3.18. The minimum absolute atomic E-state index is 0.0147. The fourth-order valence-electron chi connectivity index (χ4n) is 1.84. The minimum Gasteiger partial charge on any atom is -0.333 e. The summed E-state index contributed by atoms with van der Waals surface area (Å²) in [6.07, 6.45) is -7.32. The van der Waals surface area contributed by atoms with Crippen LogP contribution in [0, 0.1) is 0 Å². The number of nitrogens with zero attached hydrogens (tertiary/aromatic N) is 1. The molecule has 1 saturated carbocycles. The third-order valence-corrected chi connectivity index (χ3v) is 2.97. The van der Waals surface area contributed by atoms with Crippen molar-refractivity contribution in [3.8, 4) is 0 Å². The highest BCUT2D eigenvalue weighted by Crippen LogP contribution is 2.32. The van der Waals surface area contributed by atoms with Crippen molar-refractivity contribution in [2.24, 2.45) is 0 Å². The summed E-state index contributed by atoms with van der Waals surface area (Å²) in [7, 11) is 0. The lowest BCUT2D eigenvalue weighted by atomic mass is 10.2. The molecule has 0 radical (unpaired) electrons. The maximum Gasteiger partial charge on any atom is 0.428 e. The molecule has 1 atom stereocenters. The van der Waals surface area contributed by atoms with Crippen LogP contribution in [0.15, 0.2) is 30.3 Å². The normalized spacial score (nSPS) is 17.1. The lowest BCUT2D eigenvalue weighted by Crippen LogP contribution is -2.44. The Morgan fingerprint density at radius 3 is 2.32 bits per heavy atom. The fraction of sp³-hybridized carbons (Fsp3) is 0.462. The molecule has 1 aromatic carbocycles. The zero-order valence-corrected chi connectivity index (χ0v) is 10.0. The van der Waals surface area contributed by atoms with Gasteiger partial charge in [-0.3, -0.25) is 4.79 Å². The van der Waals surface area contributed by atoms with Crippen LogP contribution in [0.2, 0.25) is 0 Å². The van der Waals surface area contributed by atoms with Crippen molar-refractivity contribution in [1.29, 1.82) is 0 Å². The maximum absolute atomic E-state index is 13.1. The standard InChI is InChI=1S/C13H13F4NO/c14-11(13(15,16)17)12(19)18(10-6-7-10)8-9-4-2-1-3-5-9/h1-5,10-11H,6-8H2. The fourth-order valence-corrected chi connectivity index (χ4v) is 1.84. The predicted octanol–water partition coefficient (Wildman–Crippen LogP) is 3.08. The number of halogens is 4. The molecule has 0 spiro atoms. The number of hydrogen-bond donors (Lipinski definition) is 0. The van der Waals surface area contributed by atoms with Crippen LogP contribution in [0.3, 0.4) is 0 Å². The summed E-state index contributed by atoms with van der Waals surface area (Å²) in [5.74, 6) is -1.49. The van der Waals surface area contributed by atoms with Gasteiger partial charge >= 0.3 is 6.18 Å². The Morgan fingerprint density at radius 1 is 1.26 bits per heavy atom. The first kappa shape index (κ1) is 13.8. The van der Waals surface area contributed by atoms with Crippen molar-refractivity contribution in [2.75, 3.05) is 0 Å². The molecule has 2 rings (SSSR count). The second-order valence-electron chi connectivity index (χ2n) is 4.59. The van der Waals surface area contributed by atoms with Crippen molar-refractivity contribution < 1.29 is 22.4 Å². The van der Waals surface area contributed by atoms with Crippen LogP contribution in [0.5, 0.6) is 0 Å². The molecular weight excluding hydrogens is 262 g/mol. The highest BCUT2D eigenvalue weighted by atomic mass is 19.4. The lowest BCUT2D eigenvalue weighted by molar-refractivity contribution is -0.193. The van der Waals surface area contributed by atoms with E-state index in [1.54, 1.807) is 30.3 Å². The molecular formula is C13H13F4NO. The summed E-state index contributed by atoms with van der Waals surface area (Å²) in [6, 6.07) is 8.34. The largest absolute Gasteiger partial charge is 0.428 e. The summed E-state index contributed by atoms with van der Waals surface area (Å²) < 4.78 is 49.9. The van der Waals surface area contributed by atoms with Crippen LogP contribution in [0.4, 0.5) is 17.6 Å². The highest BCUT2D eigenvalue weighted by Gasteiger charge is 2.49. The van der Waals surface area contributed by atoms with Gasteiger partial charge in [-0.05, 0) is 18.4 Å². The van der Waals surface area contributed by atoms with Gasteiger partial charge in [0.25, 0.3) is 12.1 Å². The summed E-state index contributed by atoms with van der Waals surface area (Å²) in [5, 5.41) is 0. The summed E-state index contributed by atoms with van der Waals surface area (Å²) >= 11 is 0. The highest BCUT2D eigenvalue weighted by molar-refractivity contribution is 5.82. The second kappa shape index (κ2) is 5.19. The number of alkyl halides is 4. The van der Waals surface area contributed by atoms with Crippen LogP contribution < -0.4 is 0 Å². The van der Waals surface area contributed by atoms with Gasteiger partial charge in [-0.25, -0.2) is 4.39 Å². The molecule has 19 heavy (non-hydrogen) atoms. The zero-order chi connectivity index (χ0) is 14.0. The van der Waals surface area contributed by atoms with Crippen LogP contribution >= 0.6 is 0 Å². The first-order chi connectivity index (χ1) is 8.89. The van der Waals surface area contributed by atoms with Gasteiger partial charge in [0.15, 0.2) is 0 Å². The van der Waals surface area contributed by atoms with Gasteiger partial charge in [-0.2, -0.15) is 13.2 Å². The van der Waals surface area contributed by atoms with E-state index in [1.165, 1.54) is 0 Å². The Hall–Kier alpha value is -1.59. The van der Waals surface area contributed by atoms with E-state index in [4.69, 9.17) is 0 Å². The number of carbonyl (C=O) groups excluding carboxylic acids is 1. The molecule has 0 saturated heterocycles. The van der Waals surface area contributed by atoms with E-state index in [-0.39, 0.29) is 12.6 Å². The molecule has 2 nitrogen and oxygen atoms in total. The lowest BCUT2D eigenvalue weighted by Gasteiger charge is -2.25. The molecule has 0 heterocycles. The Morgan fingerprint density at radius 2 is 1.84 bits per heavy atom. The first-order valence-electron chi connectivity index (χ1n) is 5.95. The summed E-state index contributed by atoms with van der Waals surface area (Å²) in [5.41, 5.74) is 0.692. The van der Waals surface area contributed by atoms with Crippen molar-refractivity contribution in [3.63, 3.8) is 0 Å². The zero-order valence-electron chi connectivity index (χ0n) is 10.0. The molecule has 1 aliphatic carbocycles. The van der Waals surface area contributed by atoms with Crippen molar-refractivity contribution >= 4 is 5.91 Å². The Balaban J connectivity index is 2.10. The molecule has 1 aliphatic rings. The number of rotatable bonds is 4. The average molecular weight is 275 g/mol. The molecule has 0 aliphatic heterocycles. The van der Waals surface area contributed by atoms with E-state index >= 15 is 0 Å². The van der Waals surface area contributed by atoms with E-state index in [9.17, 15) is 22.4 Å². The second-order valence-corrected chi connectivity index (χ2v) is 4.59. The van der Waals surface area contributed by atoms with Gasteiger partial charge in [-0.1, -0.05) is 30.3 Å². The number of benzene rings is 1. The van der Waals surface area contributed by atoms with Crippen LogP contribution in [-0.4, -0.2) is 29.2 Å². The number of hydrogen-bond acceptors (Lipinski definition) is 1. The van der Waals surface area contributed by atoms with Crippen LogP contribution in [0.25, 0.3) is 0 Å². The third-order valence-electron chi connectivity index (χ3n) is 2.97. The first-order valence-corrected chi connectivity index (χ1v) is 5.95. The molecule has 1 aromatic rings. The smallest absolute Gasteiger partial charge is 0.333 e. The molecule has 0 aromatic heterocycles. The number of carbonyl (C=O) groups is 1. The minimum atomic E-state index is -5.14. The van der Waals surface area contributed by atoms with Gasteiger partial charge in [0.2, 0.25) is 0 Å². The van der Waals surface area contributed by atoms with Crippen molar-refractivity contribution in [1.82, 2.24) is 4.90 Å². The summed E-state index contributed by atoms with van der Waals surface area (Å²) in [6.45, 7) is 0.0147. The topological polar surface area (TPSA) is 20.3 Å². The van der Waals surface area contributed by atoms with E-state index in [2.05, 4.69) is 0 Å². The van der Waals surface area contributed by atoms with E-state index in [0.717, 1.165) is 4.90 Å². The molecule has 6 heteroatoms. The van der Waals surface area contributed by atoms with E-state index in [0.29, 0.717) is 18.4 Å². The van der Waals surface area contributed by atoms with Crippen molar-refractivity contribution in [2.45, 2.75) is 37.8 Å². The predicted molar refractivity (Wildman–Crippen MR) is 61.0 cm³/mol. The summed E-state index contributed by atoms with van der Waals surface area (Å²) in [4.78, 5) is 12.6. The molecule has 0 bridgehead atoms. The van der Waals surface area contributed by atoms with E-state index in [1.807, 2.05) is 0 Å². The van der Waals surface area contributed by atoms with Gasteiger partial charge in [0, 0.05) is 12.6 Å². The molecule has 1 fully saturated rings. The Bertz CT molecular complexity index is 442. The SMILES string of the molecule is O=C(C(F)C(F)(F)F)N(Cc1ccccc1)C1CC1. The monoisotopic (exact) mass is 275 g/mol. The Labute approximate surface area is 108 Å². The quantitative estimate of drug-likeness (QED) is 0.773. The molecule has 1 unspecified atom stereocenters. The molecule has 0 N–H and O–H groups in total. The molecule has 1 amide bonds. The van der Waals surface area contributed by atoms with Crippen molar-refractivity contribution in [3.05, 3.63) is 35.9 Å². The van der Waals surface area contributed by atoms with Gasteiger partial charge in [0.05, 0.1) is 0 Å².